The van der Waals surface area contributed by atoms with E-state index in [1.54, 1.807) is 0 Å². The van der Waals surface area contributed by atoms with E-state index < -0.39 is 0 Å². The second kappa shape index (κ2) is 2.45. The van der Waals surface area contributed by atoms with Crippen LogP contribution < -0.4 is 5.32 Å². The Bertz CT molecular complexity index is 404. The van der Waals surface area contributed by atoms with Crippen LogP contribution in [-0.2, 0) is 18.3 Å². The number of rotatable bonds is 0. The second-order valence-electron chi connectivity index (χ2n) is 3.30. The number of nitrogens with zero attached hydrogens (tertiary/aromatic N) is 1. The molecule has 0 aliphatic carbocycles. The fourth-order valence-electron chi connectivity index (χ4n) is 1.75. The molecular weight excluding hydrogens is 168 g/mol. The molecule has 0 bridgehead atoms. The number of carbonyl (C=O) groups is 2. The molecule has 0 fully saturated rings. The summed E-state index contributed by atoms with van der Waals surface area (Å²) in [4.78, 5) is 22.4. The molecule has 0 unspecified atom stereocenters. The Kier molecular flexibility index (Phi) is 1.52. The molecule has 4 nitrogen and oxygen atoms in total. The number of hydrogen-bond donors (Lipinski definition) is 1. The maximum atomic E-state index is 11.4. The van der Waals surface area contributed by atoms with E-state index in [4.69, 9.17) is 0 Å². The van der Waals surface area contributed by atoms with Crippen molar-refractivity contribution in [1.82, 2.24) is 9.88 Å². The van der Waals surface area contributed by atoms with Crippen LogP contribution in [0.15, 0.2) is 6.20 Å². The number of nitrogens with one attached hydrogen (secondary N) is 1. The van der Waals surface area contributed by atoms with Gasteiger partial charge < -0.3 is 4.57 Å². The molecule has 4 heteroatoms. The zero-order chi connectivity index (χ0) is 9.59. The lowest BCUT2D eigenvalue weighted by atomic mass is 10.1. The van der Waals surface area contributed by atoms with Gasteiger partial charge in [0.1, 0.15) is 0 Å². The smallest absolute Gasteiger partial charge is 0.259 e. The number of amides is 2. The fourth-order valence-corrected chi connectivity index (χ4v) is 1.75. The third-order valence-electron chi connectivity index (χ3n) is 2.30. The molecule has 0 aromatic carbocycles. The summed E-state index contributed by atoms with van der Waals surface area (Å²) in [5.74, 6) is -0.497. The van der Waals surface area contributed by atoms with E-state index in [9.17, 15) is 9.59 Å². The van der Waals surface area contributed by atoms with Crippen molar-refractivity contribution in [3.05, 3.63) is 23.0 Å². The zero-order valence-corrected chi connectivity index (χ0v) is 7.55. The van der Waals surface area contributed by atoms with Gasteiger partial charge in [-0.25, -0.2) is 0 Å². The lowest BCUT2D eigenvalue weighted by Crippen LogP contribution is -2.37. The summed E-state index contributed by atoms with van der Waals surface area (Å²) in [6.07, 6.45) is 2.16. The molecule has 0 radical (unpaired) electrons. The SMILES string of the molecule is Cc1cn(C)c2c1C(=O)NC(=O)C2. The quantitative estimate of drug-likeness (QED) is 0.575. The van der Waals surface area contributed by atoms with Crippen molar-refractivity contribution in [2.24, 2.45) is 7.05 Å². The highest BCUT2D eigenvalue weighted by molar-refractivity contribution is 6.10. The van der Waals surface area contributed by atoms with Crippen LogP contribution in [0.3, 0.4) is 0 Å². The van der Waals surface area contributed by atoms with Gasteiger partial charge in [0.25, 0.3) is 5.91 Å². The van der Waals surface area contributed by atoms with Gasteiger partial charge in [0.2, 0.25) is 5.91 Å². The molecular formula is C9H10N2O2. The van der Waals surface area contributed by atoms with Crippen LogP contribution in [-0.4, -0.2) is 16.4 Å². The molecule has 0 atom stereocenters. The van der Waals surface area contributed by atoms with E-state index in [0.717, 1.165) is 11.3 Å². The highest BCUT2D eigenvalue weighted by Crippen LogP contribution is 2.19. The van der Waals surface area contributed by atoms with Crippen LogP contribution in [0.4, 0.5) is 0 Å². The predicted molar refractivity (Wildman–Crippen MR) is 46.3 cm³/mol. The van der Waals surface area contributed by atoms with Crippen molar-refractivity contribution in [3.8, 4) is 0 Å². The largest absolute Gasteiger partial charge is 0.353 e. The van der Waals surface area contributed by atoms with E-state index in [1.807, 2.05) is 24.7 Å². The first-order valence-electron chi connectivity index (χ1n) is 4.08. The molecule has 1 aliphatic heterocycles. The van der Waals surface area contributed by atoms with Crippen molar-refractivity contribution >= 4 is 11.8 Å². The summed E-state index contributed by atoms with van der Waals surface area (Å²) in [5.41, 5.74) is 2.39. The van der Waals surface area contributed by atoms with Crippen LogP contribution in [0.1, 0.15) is 21.6 Å². The van der Waals surface area contributed by atoms with Gasteiger partial charge >= 0.3 is 0 Å². The van der Waals surface area contributed by atoms with Crippen molar-refractivity contribution < 1.29 is 9.59 Å². The molecule has 13 heavy (non-hydrogen) atoms. The number of hydrogen-bond acceptors (Lipinski definition) is 2. The Balaban J connectivity index is 2.64. The first-order chi connectivity index (χ1) is 6.09. The van der Waals surface area contributed by atoms with Crippen LogP contribution in [0.25, 0.3) is 0 Å². The summed E-state index contributed by atoms with van der Waals surface area (Å²) >= 11 is 0. The van der Waals surface area contributed by atoms with Crippen molar-refractivity contribution in [3.63, 3.8) is 0 Å². The van der Waals surface area contributed by atoms with Gasteiger partial charge in [-0.1, -0.05) is 0 Å². The first-order valence-corrected chi connectivity index (χ1v) is 4.08. The van der Waals surface area contributed by atoms with Crippen molar-refractivity contribution in [1.29, 1.82) is 0 Å². The maximum absolute atomic E-state index is 11.4. The highest BCUT2D eigenvalue weighted by atomic mass is 16.2. The van der Waals surface area contributed by atoms with Gasteiger partial charge in [-0.05, 0) is 12.5 Å². The van der Waals surface area contributed by atoms with Gasteiger partial charge in [0.05, 0.1) is 12.0 Å². The minimum absolute atomic E-state index is 0.223. The summed E-state index contributed by atoms with van der Waals surface area (Å²) in [5, 5.41) is 2.30. The molecule has 0 saturated carbocycles. The monoisotopic (exact) mass is 178 g/mol. The van der Waals surface area contributed by atoms with Crippen LogP contribution >= 0.6 is 0 Å². The summed E-state index contributed by atoms with van der Waals surface area (Å²) < 4.78 is 1.83. The fraction of sp³-hybridized carbons (Fsp3) is 0.333. The maximum Gasteiger partial charge on any atom is 0.259 e. The normalized spacial score (nSPS) is 15.5. The van der Waals surface area contributed by atoms with Crippen LogP contribution in [0.2, 0.25) is 0 Å². The average Bonchev–Trinajstić information content (AvgIpc) is 2.27. The molecule has 2 rings (SSSR count). The number of fused-ring (bicyclic) bond motifs is 1. The number of imide groups is 1. The lowest BCUT2D eigenvalue weighted by molar-refractivity contribution is -0.119. The van der Waals surface area contributed by atoms with Gasteiger partial charge in [0, 0.05) is 18.9 Å². The minimum Gasteiger partial charge on any atom is -0.353 e. The van der Waals surface area contributed by atoms with E-state index in [1.165, 1.54) is 0 Å². The Morgan fingerprint density at radius 1 is 1.46 bits per heavy atom. The third kappa shape index (κ3) is 1.06. The van der Waals surface area contributed by atoms with E-state index >= 15 is 0 Å². The topological polar surface area (TPSA) is 51.1 Å². The predicted octanol–water partition coefficient (Wildman–Crippen LogP) is 0.146. The molecule has 1 N–H and O–H groups in total. The van der Waals surface area contributed by atoms with E-state index in [-0.39, 0.29) is 11.8 Å². The molecule has 0 saturated heterocycles. The zero-order valence-electron chi connectivity index (χ0n) is 7.55. The Morgan fingerprint density at radius 3 is 2.85 bits per heavy atom. The van der Waals surface area contributed by atoms with Crippen molar-refractivity contribution in [2.45, 2.75) is 13.3 Å². The Labute approximate surface area is 75.5 Å². The van der Waals surface area contributed by atoms with Gasteiger partial charge in [-0.2, -0.15) is 0 Å². The standard InChI is InChI=1S/C9H10N2O2/c1-5-4-11(2)6-3-7(12)10-9(13)8(5)6/h4H,3H2,1-2H3,(H,10,12,13). The molecule has 1 aromatic rings. The van der Waals surface area contributed by atoms with Gasteiger partial charge in [-0.3, -0.25) is 14.9 Å². The summed E-state index contributed by atoms with van der Waals surface area (Å²) in [6, 6.07) is 0. The van der Waals surface area contributed by atoms with Crippen molar-refractivity contribution in [2.75, 3.05) is 0 Å². The molecule has 2 heterocycles. The Morgan fingerprint density at radius 2 is 2.15 bits per heavy atom. The number of aromatic nitrogens is 1. The van der Waals surface area contributed by atoms with Crippen LogP contribution in [0, 0.1) is 6.92 Å². The first kappa shape index (κ1) is 8.04. The van der Waals surface area contributed by atoms with E-state index in [2.05, 4.69) is 5.32 Å². The third-order valence-corrected chi connectivity index (χ3v) is 2.30. The van der Waals surface area contributed by atoms with Gasteiger partial charge in [0.15, 0.2) is 0 Å². The molecule has 1 aromatic heterocycles. The highest BCUT2D eigenvalue weighted by Gasteiger charge is 2.26. The minimum atomic E-state index is -0.274. The average molecular weight is 178 g/mol. The lowest BCUT2D eigenvalue weighted by Gasteiger charge is -2.13. The van der Waals surface area contributed by atoms with Crippen LogP contribution in [0.5, 0.6) is 0 Å². The van der Waals surface area contributed by atoms with E-state index in [0.29, 0.717) is 12.0 Å². The molecule has 1 aliphatic rings. The second-order valence-corrected chi connectivity index (χ2v) is 3.30. The number of aryl methyl sites for hydroxylation is 2. The molecule has 68 valence electrons. The molecule has 0 spiro atoms. The molecule has 2 amide bonds. The number of carbonyl (C=O) groups excluding carboxylic acids is 2. The van der Waals surface area contributed by atoms with Gasteiger partial charge in [-0.15, -0.1) is 0 Å². The summed E-state index contributed by atoms with van der Waals surface area (Å²) in [6.45, 7) is 1.87. The Hall–Kier alpha value is -1.58. The summed E-state index contributed by atoms with van der Waals surface area (Å²) in [7, 11) is 1.84.